The van der Waals surface area contributed by atoms with Crippen molar-refractivity contribution in [1.82, 2.24) is 9.78 Å². The highest BCUT2D eigenvalue weighted by atomic mass is 32.2. The van der Waals surface area contributed by atoms with Gasteiger partial charge in [0.15, 0.2) is 0 Å². The van der Waals surface area contributed by atoms with Gasteiger partial charge in [-0.1, -0.05) is 0 Å². The molecule has 0 aliphatic carbocycles. The summed E-state index contributed by atoms with van der Waals surface area (Å²) in [5, 5.41) is 12.7. The maximum absolute atomic E-state index is 8.50. The Morgan fingerprint density at radius 1 is 1.73 bits per heavy atom. The summed E-state index contributed by atoms with van der Waals surface area (Å²) < 4.78 is 1.79. The van der Waals surface area contributed by atoms with Crippen molar-refractivity contribution in [2.75, 3.05) is 12.4 Å². The van der Waals surface area contributed by atoms with Crippen LogP contribution in [-0.4, -0.2) is 27.2 Å². The fourth-order valence-electron chi connectivity index (χ4n) is 0.781. The van der Waals surface area contributed by atoms with Gasteiger partial charge in [-0.2, -0.15) is 16.9 Å². The summed E-state index contributed by atoms with van der Waals surface area (Å²) in [7, 11) is 1.90. The molecule has 0 saturated carbocycles. The maximum atomic E-state index is 8.50. The molecule has 0 spiro atoms. The first-order chi connectivity index (χ1) is 5.33. The molecule has 0 saturated heterocycles. The fourth-order valence-corrected chi connectivity index (χ4v) is 1.42. The van der Waals surface area contributed by atoms with E-state index in [1.165, 1.54) is 0 Å². The molecule has 0 amide bonds. The standard InChI is InChI=1S/C7H12N2OS/c1-9-3-2-7(8-9)6-11-5-4-10/h2-3,10H,4-6H2,1H3. The van der Waals surface area contributed by atoms with Crippen molar-refractivity contribution in [3.05, 3.63) is 18.0 Å². The van der Waals surface area contributed by atoms with Crippen LogP contribution in [-0.2, 0) is 12.8 Å². The third-order valence-corrected chi connectivity index (χ3v) is 2.23. The van der Waals surface area contributed by atoms with Gasteiger partial charge in [-0.05, 0) is 6.07 Å². The van der Waals surface area contributed by atoms with Crippen LogP contribution in [0.15, 0.2) is 12.3 Å². The quantitative estimate of drug-likeness (QED) is 0.677. The van der Waals surface area contributed by atoms with Crippen molar-refractivity contribution in [3.63, 3.8) is 0 Å². The number of rotatable bonds is 4. The number of hydrogen-bond acceptors (Lipinski definition) is 3. The van der Waals surface area contributed by atoms with Crippen LogP contribution < -0.4 is 0 Å². The Balaban J connectivity index is 2.27. The molecule has 0 bridgehead atoms. The summed E-state index contributed by atoms with van der Waals surface area (Å²) in [6.45, 7) is 0.248. The van der Waals surface area contributed by atoms with Gasteiger partial charge in [0.2, 0.25) is 0 Å². The zero-order chi connectivity index (χ0) is 8.10. The molecule has 1 N–H and O–H groups in total. The number of thioether (sulfide) groups is 1. The summed E-state index contributed by atoms with van der Waals surface area (Å²) in [6.07, 6.45) is 1.93. The molecule has 0 radical (unpaired) electrons. The first-order valence-electron chi connectivity index (χ1n) is 3.50. The number of hydrogen-bond donors (Lipinski definition) is 1. The molecule has 11 heavy (non-hydrogen) atoms. The van der Waals surface area contributed by atoms with Crippen molar-refractivity contribution in [3.8, 4) is 0 Å². The molecule has 3 nitrogen and oxygen atoms in total. The molecule has 0 fully saturated rings. The van der Waals surface area contributed by atoms with Gasteiger partial charge in [0.25, 0.3) is 0 Å². The van der Waals surface area contributed by atoms with E-state index in [-0.39, 0.29) is 6.61 Å². The highest BCUT2D eigenvalue weighted by Gasteiger charge is 1.95. The summed E-state index contributed by atoms with van der Waals surface area (Å²) in [5.74, 6) is 1.68. The molecule has 1 aromatic rings. The van der Waals surface area contributed by atoms with Crippen LogP contribution >= 0.6 is 11.8 Å². The van der Waals surface area contributed by atoms with Crippen LogP contribution in [0.4, 0.5) is 0 Å². The van der Waals surface area contributed by atoms with Crippen molar-refractivity contribution in [2.24, 2.45) is 7.05 Å². The van der Waals surface area contributed by atoms with Crippen LogP contribution in [0.25, 0.3) is 0 Å². The summed E-state index contributed by atoms with van der Waals surface area (Å²) >= 11 is 1.69. The van der Waals surface area contributed by atoms with E-state index >= 15 is 0 Å². The van der Waals surface area contributed by atoms with Crippen molar-refractivity contribution in [1.29, 1.82) is 0 Å². The van der Waals surface area contributed by atoms with Crippen LogP contribution in [0.1, 0.15) is 5.69 Å². The van der Waals surface area contributed by atoms with E-state index in [4.69, 9.17) is 5.11 Å². The third kappa shape index (κ3) is 2.95. The van der Waals surface area contributed by atoms with Crippen molar-refractivity contribution >= 4 is 11.8 Å². The number of aryl methyl sites for hydroxylation is 1. The van der Waals surface area contributed by atoms with Crippen LogP contribution in [0.3, 0.4) is 0 Å². The molecule has 1 aromatic heterocycles. The molecular formula is C7H12N2OS. The van der Waals surface area contributed by atoms with Gasteiger partial charge in [0.05, 0.1) is 12.3 Å². The fraction of sp³-hybridized carbons (Fsp3) is 0.571. The second-order valence-corrected chi connectivity index (χ2v) is 3.36. The highest BCUT2D eigenvalue weighted by Crippen LogP contribution is 2.08. The van der Waals surface area contributed by atoms with Gasteiger partial charge < -0.3 is 5.11 Å². The van der Waals surface area contributed by atoms with Crippen LogP contribution in [0.5, 0.6) is 0 Å². The van der Waals surface area contributed by atoms with E-state index in [9.17, 15) is 0 Å². The highest BCUT2D eigenvalue weighted by molar-refractivity contribution is 7.98. The molecule has 1 heterocycles. The molecule has 0 atom stereocenters. The monoisotopic (exact) mass is 172 g/mol. The number of aliphatic hydroxyl groups is 1. The topological polar surface area (TPSA) is 38.0 Å². The molecule has 0 aliphatic rings. The lowest BCUT2D eigenvalue weighted by Gasteiger charge is -1.93. The zero-order valence-electron chi connectivity index (χ0n) is 6.53. The average molecular weight is 172 g/mol. The zero-order valence-corrected chi connectivity index (χ0v) is 7.34. The molecule has 62 valence electrons. The Morgan fingerprint density at radius 3 is 3.09 bits per heavy atom. The lowest BCUT2D eigenvalue weighted by atomic mass is 10.5. The van der Waals surface area contributed by atoms with Crippen molar-refractivity contribution in [2.45, 2.75) is 5.75 Å². The Labute approximate surface area is 70.4 Å². The molecule has 4 heteroatoms. The Kier molecular flexibility index (Phi) is 3.45. The SMILES string of the molecule is Cn1ccc(CSCCO)n1. The first kappa shape index (κ1) is 8.62. The number of nitrogens with zero attached hydrogens (tertiary/aromatic N) is 2. The van der Waals surface area contributed by atoms with Gasteiger partial charge in [-0.25, -0.2) is 0 Å². The minimum atomic E-state index is 0.248. The Morgan fingerprint density at radius 2 is 2.55 bits per heavy atom. The molecule has 1 rings (SSSR count). The second kappa shape index (κ2) is 4.41. The van der Waals surface area contributed by atoms with Crippen molar-refractivity contribution < 1.29 is 5.11 Å². The van der Waals surface area contributed by atoms with Gasteiger partial charge in [0.1, 0.15) is 0 Å². The minimum Gasteiger partial charge on any atom is -0.396 e. The lowest BCUT2D eigenvalue weighted by Crippen LogP contribution is -1.91. The van der Waals surface area contributed by atoms with E-state index in [0.29, 0.717) is 0 Å². The largest absolute Gasteiger partial charge is 0.396 e. The molecular weight excluding hydrogens is 160 g/mol. The van der Waals surface area contributed by atoms with E-state index < -0.39 is 0 Å². The first-order valence-corrected chi connectivity index (χ1v) is 4.65. The van der Waals surface area contributed by atoms with Gasteiger partial charge in [0, 0.05) is 24.8 Å². The number of aliphatic hydroxyl groups excluding tert-OH is 1. The van der Waals surface area contributed by atoms with Crippen LogP contribution in [0, 0.1) is 0 Å². The molecule has 0 unspecified atom stereocenters. The van der Waals surface area contributed by atoms with E-state index in [1.807, 2.05) is 19.3 Å². The van der Waals surface area contributed by atoms with Gasteiger partial charge >= 0.3 is 0 Å². The normalized spacial score (nSPS) is 10.4. The minimum absolute atomic E-state index is 0.248. The Bertz CT molecular complexity index is 212. The Hall–Kier alpha value is -0.480. The van der Waals surface area contributed by atoms with Gasteiger partial charge in [-0.15, -0.1) is 0 Å². The van der Waals surface area contributed by atoms with E-state index in [2.05, 4.69) is 5.10 Å². The average Bonchev–Trinajstić information content (AvgIpc) is 2.37. The summed E-state index contributed by atoms with van der Waals surface area (Å²) in [6, 6.07) is 1.99. The predicted molar refractivity (Wildman–Crippen MR) is 46.5 cm³/mol. The molecule has 0 aliphatic heterocycles. The molecule has 0 aromatic carbocycles. The number of aromatic nitrogens is 2. The lowest BCUT2D eigenvalue weighted by molar-refractivity contribution is 0.322. The summed E-state index contributed by atoms with van der Waals surface area (Å²) in [5.41, 5.74) is 1.07. The van der Waals surface area contributed by atoms with E-state index in [0.717, 1.165) is 17.2 Å². The van der Waals surface area contributed by atoms with Crippen LogP contribution in [0.2, 0.25) is 0 Å². The smallest absolute Gasteiger partial charge is 0.0723 e. The van der Waals surface area contributed by atoms with E-state index in [1.54, 1.807) is 16.4 Å². The van der Waals surface area contributed by atoms with Gasteiger partial charge in [-0.3, -0.25) is 4.68 Å². The third-order valence-electron chi connectivity index (χ3n) is 1.25. The second-order valence-electron chi connectivity index (χ2n) is 2.26. The predicted octanol–water partition coefficient (Wildman–Crippen LogP) is 0.646. The summed E-state index contributed by atoms with van der Waals surface area (Å²) in [4.78, 5) is 0. The maximum Gasteiger partial charge on any atom is 0.0723 e.